The fourth-order valence-corrected chi connectivity index (χ4v) is 3.99. The standard InChI is InChI=1S/C24H30N2O2/c1-16-6-5-7-21(15-16)25-24(28)19(4)26-12-10-20(11-13-26)23(27)22-9-8-17(2)14-18(22)3/h5-9,14-15,19-20H,10-13H2,1-4H3,(H,25,28). The molecule has 2 aromatic rings. The normalized spacial score (nSPS) is 16.6. The van der Waals surface area contributed by atoms with Gasteiger partial charge in [0.25, 0.3) is 0 Å². The number of piperidine rings is 1. The van der Waals surface area contributed by atoms with Crippen molar-refractivity contribution in [3.63, 3.8) is 0 Å². The fourth-order valence-electron chi connectivity index (χ4n) is 3.99. The van der Waals surface area contributed by atoms with Crippen molar-refractivity contribution in [2.75, 3.05) is 18.4 Å². The third-order valence-electron chi connectivity index (χ3n) is 5.76. The summed E-state index contributed by atoms with van der Waals surface area (Å²) >= 11 is 0. The van der Waals surface area contributed by atoms with E-state index in [-0.39, 0.29) is 23.7 Å². The Morgan fingerprint density at radius 2 is 1.68 bits per heavy atom. The number of nitrogens with zero attached hydrogens (tertiary/aromatic N) is 1. The van der Waals surface area contributed by atoms with Crippen molar-refractivity contribution in [2.45, 2.75) is 46.6 Å². The van der Waals surface area contributed by atoms with Gasteiger partial charge in [-0.25, -0.2) is 0 Å². The van der Waals surface area contributed by atoms with Gasteiger partial charge in [-0.1, -0.05) is 35.9 Å². The van der Waals surface area contributed by atoms with Gasteiger partial charge in [0.2, 0.25) is 5.91 Å². The van der Waals surface area contributed by atoms with Gasteiger partial charge in [0.05, 0.1) is 6.04 Å². The van der Waals surface area contributed by atoms with Crippen LogP contribution in [0.25, 0.3) is 0 Å². The molecule has 2 aromatic carbocycles. The van der Waals surface area contributed by atoms with E-state index in [1.807, 2.05) is 64.1 Å². The molecule has 1 saturated heterocycles. The zero-order valence-corrected chi connectivity index (χ0v) is 17.3. The Labute approximate surface area is 167 Å². The summed E-state index contributed by atoms with van der Waals surface area (Å²) < 4.78 is 0. The lowest BCUT2D eigenvalue weighted by Crippen LogP contribution is -2.47. The molecular formula is C24H30N2O2. The first kappa shape index (κ1) is 20.3. The van der Waals surface area contributed by atoms with Gasteiger partial charge in [0, 0.05) is 17.2 Å². The number of hydrogen-bond donors (Lipinski definition) is 1. The average molecular weight is 379 g/mol. The van der Waals surface area contributed by atoms with Crippen LogP contribution >= 0.6 is 0 Å². The molecule has 1 atom stereocenters. The number of amides is 1. The second kappa shape index (κ2) is 8.70. The van der Waals surface area contributed by atoms with Gasteiger partial charge < -0.3 is 5.32 Å². The molecule has 1 unspecified atom stereocenters. The number of hydrogen-bond acceptors (Lipinski definition) is 3. The van der Waals surface area contributed by atoms with Gasteiger partial charge in [0.15, 0.2) is 5.78 Å². The van der Waals surface area contributed by atoms with E-state index in [0.717, 1.165) is 48.3 Å². The number of Topliss-reactive ketones (excluding diaryl/α,β-unsaturated/α-hetero) is 1. The predicted molar refractivity (Wildman–Crippen MR) is 114 cm³/mol. The molecule has 1 fully saturated rings. The zero-order chi connectivity index (χ0) is 20.3. The van der Waals surface area contributed by atoms with E-state index in [1.165, 1.54) is 5.56 Å². The Morgan fingerprint density at radius 3 is 2.32 bits per heavy atom. The molecule has 148 valence electrons. The highest BCUT2D eigenvalue weighted by molar-refractivity contribution is 5.99. The maximum absolute atomic E-state index is 12.9. The first-order chi connectivity index (χ1) is 13.3. The number of benzene rings is 2. The minimum atomic E-state index is -0.210. The van der Waals surface area contributed by atoms with Gasteiger partial charge in [-0.05, 0) is 76.9 Å². The number of anilines is 1. The van der Waals surface area contributed by atoms with Crippen LogP contribution in [0.1, 0.15) is 46.8 Å². The molecule has 1 amide bonds. The quantitative estimate of drug-likeness (QED) is 0.778. The number of likely N-dealkylation sites (tertiary alicyclic amines) is 1. The third-order valence-corrected chi connectivity index (χ3v) is 5.76. The maximum Gasteiger partial charge on any atom is 0.241 e. The van der Waals surface area contributed by atoms with Crippen molar-refractivity contribution in [1.29, 1.82) is 0 Å². The van der Waals surface area contributed by atoms with Crippen molar-refractivity contribution in [3.05, 3.63) is 64.7 Å². The Hall–Kier alpha value is -2.46. The Balaban J connectivity index is 1.56. The van der Waals surface area contributed by atoms with Gasteiger partial charge in [-0.3, -0.25) is 14.5 Å². The van der Waals surface area contributed by atoms with E-state index < -0.39 is 0 Å². The maximum atomic E-state index is 12.9. The van der Waals surface area contributed by atoms with Gasteiger partial charge in [-0.2, -0.15) is 0 Å². The lowest BCUT2D eigenvalue weighted by molar-refractivity contribution is -0.121. The summed E-state index contributed by atoms with van der Waals surface area (Å²) in [6.45, 7) is 9.54. The zero-order valence-electron chi connectivity index (χ0n) is 17.3. The molecule has 1 aliphatic heterocycles. The third kappa shape index (κ3) is 4.68. The number of carbonyl (C=O) groups is 2. The van der Waals surface area contributed by atoms with Crippen LogP contribution in [0, 0.1) is 26.7 Å². The van der Waals surface area contributed by atoms with Gasteiger partial charge >= 0.3 is 0 Å². The molecule has 0 spiro atoms. The van der Waals surface area contributed by atoms with Gasteiger partial charge in [0.1, 0.15) is 0 Å². The lowest BCUT2D eigenvalue weighted by atomic mass is 9.86. The number of carbonyl (C=O) groups excluding carboxylic acids is 2. The predicted octanol–water partition coefficient (Wildman–Crippen LogP) is 4.53. The average Bonchev–Trinajstić information content (AvgIpc) is 2.67. The van der Waals surface area contributed by atoms with Crippen LogP contribution in [0.15, 0.2) is 42.5 Å². The topological polar surface area (TPSA) is 49.4 Å². The van der Waals surface area contributed by atoms with E-state index in [1.54, 1.807) is 0 Å². The van der Waals surface area contributed by atoms with Crippen molar-refractivity contribution < 1.29 is 9.59 Å². The number of nitrogens with one attached hydrogen (secondary N) is 1. The van der Waals surface area contributed by atoms with Crippen LogP contribution in [0.3, 0.4) is 0 Å². The Kier molecular flexibility index (Phi) is 6.30. The smallest absolute Gasteiger partial charge is 0.241 e. The number of rotatable bonds is 5. The molecule has 3 rings (SSSR count). The highest BCUT2D eigenvalue weighted by Crippen LogP contribution is 2.25. The van der Waals surface area contributed by atoms with Gasteiger partial charge in [-0.15, -0.1) is 0 Å². The molecule has 0 aromatic heterocycles. The summed E-state index contributed by atoms with van der Waals surface area (Å²) in [4.78, 5) is 27.7. The van der Waals surface area contributed by atoms with Crippen LogP contribution in [-0.2, 0) is 4.79 Å². The Morgan fingerprint density at radius 1 is 1.00 bits per heavy atom. The molecule has 0 aliphatic carbocycles. The molecule has 1 N–H and O–H groups in total. The van der Waals surface area contributed by atoms with Crippen molar-refractivity contribution in [3.8, 4) is 0 Å². The van der Waals surface area contributed by atoms with Crippen LogP contribution < -0.4 is 5.32 Å². The summed E-state index contributed by atoms with van der Waals surface area (Å²) in [5.74, 6) is 0.295. The second-order valence-corrected chi connectivity index (χ2v) is 8.03. The number of aryl methyl sites for hydroxylation is 3. The molecule has 1 heterocycles. The monoisotopic (exact) mass is 378 g/mol. The molecule has 0 saturated carbocycles. The first-order valence-electron chi connectivity index (χ1n) is 10.1. The summed E-state index contributed by atoms with van der Waals surface area (Å²) in [5.41, 5.74) is 5.03. The van der Waals surface area contributed by atoms with Crippen LogP contribution in [0.2, 0.25) is 0 Å². The number of ketones is 1. The molecule has 28 heavy (non-hydrogen) atoms. The molecule has 1 aliphatic rings. The summed E-state index contributed by atoms with van der Waals surface area (Å²) in [6, 6.07) is 13.7. The fraction of sp³-hybridized carbons (Fsp3) is 0.417. The van der Waals surface area contributed by atoms with Crippen LogP contribution in [0.5, 0.6) is 0 Å². The van der Waals surface area contributed by atoms with Crippen LogP contribution in [0.4, 0.5) is 5.69 Å². The minimum absolute atomic E-state index is 0.00440. The first-order valence-corrected chi connectivity index (χ1v) is 10.1. The molecular weight excluding hydrogens is 348 g/mol. The van der Waals surface area contributed by atoms with Crippen LogP contribution in [-0.4, -0.2) is 35.7 Å². The largest absolute Gasteiger partial charge is 0.325 e. The molecule has 4 heteroatoms. The minimum Gasteiger partial charge on any atom is -0.325 e. The molecule has 4 nitrogen and oxygen atoms in total. The highest BCUT2D eigenvalue weighted by Gasteiger charge is 2.30. The van der Waals surface area contributed by atoms with E-state index >= 15 is 0 Å². The Bertz CT molecular complexity index is 867. The SMILES string of the molecule is Cc1cccc(NC(=O)C(C)N2CCC(C(=O)c3ccc(C)cc3C)CC2)c1. The molecule has 0 radical (unpaired) electrons. The second-order valence-electron chi connectivity index (χ2n) is 8.03. The highest BCUT2D eigenvalue weighted by atomic mass is 16.2. The summed E-state index contributed by atoms with van der Waals surface area (Å²) in [5, 5.41) is 3.00. The van der Waals surface area contributed by atoms with E-state index in [2.05, 4.69) is 16.3 Å². The van der Waals surface area contributed by atoms with Crippen molar-refractivity contribution in [2.24, 2.45) is 5.92 Å². The van der Waals surface area contributed by atoms with E-state index in [0.29, 0.717) is 0 Å². The van der Waals surface area contributed by atoms with E-state index in [4.69, 9.17) is 0 Å². The van der Waals surface area contributed by atoms with Crippen molar-refractivity contribution >= 4 is 17.4 Å². The van der Waals surface area contributed by atoms with E-state index in [9.17, 15) is 9.59 Å². The lowest BCUT2D eigenvalue weighted by Gasteiger charge is -2.35. The summed E-state index contributed by atoms with van der Waals surface area (Å²) in [6.07, 6.45) is 1.60. The molecule has 0 bridgehead atoms. The summed E-state index contributed by atoms with van der Waals surface area (Å²) in [7, 11) is 0. The van der Waals surface area contributed by atoms with Crippen molar-refractivity contribution in [1.82, 2.24) is 4.90 Å².